The van der Waals surface area contributed by atoms with Crippen LogP contribution in [0.4, 0.5) is 0 Å². The van der Waals surface area contributed by atoms with Gasteiger partial charge >= 0.3 is 0 Å². The zero-order valence-electron chi connectivity index (χ0n) is 11.1. The van der Waals surface area contributed by atoms with E-state index in [-0.39, 0.29) is 5.91 Å². The third-order valence-electron chi connectivity index (χ3n) is 3.60. The summed E-state index contributed by atoms with van der Waals surface area (Å²) in [5.74, 6) is 0.510. The van der Waals surface area contributed by atoms with Crippen molar-refractivity contribution in [2.75, 3.05) is 13.7 Å². The van der Waals surface area contributed by atoms with Crippen molar-refractivity contribution in [3.05, 3.63) is 52.3 Å². The first kappa shape index (κ1) is 13.1. The Balaban J connectivity index is 1.88. The standard InChI is InChI=1S/C15H15ClN2O2/c1-20-14-3-2-11(16)8-12(14)15(19)18-7-5-13-10(9-18)4-6-17-13/h2-4,6,8,17H,5,7,9H2,1H3. The Morgan fingerprint density at radius 3 is 3.05 bits per heavy atom. The van der Waals surface area contributed by atoms with E-state index in [1.807, 2.05) is 17.2 Å². The molecule has 0 fully saturated rings. The number of carbonyl (C=O) groups excluding carboxylic acids is 1. The van der Waals surface area contributed by atoms with Gasteiger partial charge in [-0.2, -0.15) is 0 Å². The molecule has 0 aliphatic carbocycles. The SMILES string of the molecule is COc1ccc(Cl)cc1C(=O)N1CCc2[nH]ccc2C1. The Bertz CT molecular complexity index is 651. The Morgan fingerprint density at radius 2 is 2.25 bits per heavy atom. The van der Waals surface area contributed by atoms with Gasteiger partial charge in [0.05, 0.1) is 12.7 Å². The van der Waals surface area contributed by atoms with Gasteiger partial charge in [-0.25, -0.2) is 0 Å². The number of carbonyl (C=O) groups is 1. The van der Waals surface area contributed by atoms with Gasteiger partial charge in [0.2, 0.25) is 0 Å². The lowest BCUT2D eigenvalue weighted by Crippen LogP contribution is -2.35. The van der Waals surface area contributed by atoms with Crippen LogP contribution in [0.15, 0.2) is 30.5 Å². The lowest BCUT2D eigenvalue weighted by Gasteiger charge is -2.27. The molecule has 1 N–H and O–H groups in total. The molecule has 0 bridgehead atoms. The molecule has 1 aliphatic heterocycles. The lowest BCUT2D eigenvalue weighted by molar-refractivity contribution is 0.0731. The number of fused-ring (bicyclic) bond motifs is 1. The number of rotatable bonds is 2. The number of ether oxygens (including phenoxy) is 1. The van der Waals surface area contributed by atoms with E-state index < -0.39 is 0 Å². The third kappa shape index (κ3) is 2.27. The second-order valence-corrected chi connectivity index (χ2v) is 5.24. The van der Waals surface area contributed by atoms with Gasteiger partial charge in [0.25, 0.3) is 5.91 Å². The van der Waals surface area contributed by atoms with Gasteiger partial charge in [-0.3, -0.25) is 4.79 Å². The first-order chi connectivity index (χ1) is 9.69. The van der Waals surface area contributed by atoms with Crippen molar-refractivity contribution in [2.24, 2.45) is 0 Å². The lowest BCUT2D eigenvalue weighted by atomic mass is 10.1. The molecular formula is C15H15ClN2O2. The number of halogens is 1. The number of methoxy groups -OCH3 is 1. The Hall–Kier alpha value is -1.94. The topological polar surface area (TPSA) is 45.3 Å². The van der Waals surface area contributed by atoms with E-state index >= 15 is 0 Å². The number of nitrogens with one attached hydrogen (secondary N) is 1. The third-order valence-corrected chi connectivity index (χ3v) is 3.84. The van der Waals surface area contributed by atoms with Crippen molar-refractivity contribution in [1.29, 1.82) is 0 Å². The van der Waals surface area contributed by atoms with E-state index in [0.717, 1.165) is 6.42 Å². The van der Waals surface area contributed by atoms with E-state index in [0.29, 0.717) is 29.4 Å². The summed E-state index contributed by atoms with van der Waals surface area (Å²) < 4.78 is 5.25. The minimum Gasteiger partial charge on any atom is -0.496 e. The van der Waals surface area contributed by atoms with Gasteiger partial charge in [0.15, 0.2) is 0 Å². The van der Waals surface area contributed by atoms with Crippen molar-refractivity contribution < 1.29 is 9.53 Å². The molecule has 2 aromatic rings. The molecular weight excluding hydrogens is 276 g/mol. The summed E-state index contributed by atoms with van der Waals surface area (Å²) in [5.41, 5.74) is 2.90. The quantitative estimate of drug-likeness (QED) is 0.924. The zero-order valence-corrected chi connectivity index (χ0v) is 11.9. The Labute approximate surface area is 122 Å². The van der Waals surface area contributed by atoms with Crippen LogP contribution in [-0.4, -0.2) is 29.4 Å². The predicted molar refractivity (Wildman–Crippen MR) is 77.2 cm³/mol. The van der Waals surface area contributed by atoms with Gasteiger partial charge in [-0.1, -0.05) is 11.6 Å². The van der Waals surface area contributed by atoms with E-state index in [9.17, 15) is 4.79 Å². The van der Waals surface area contributed by atoms with Crippen LogP contribution in [-0.2, 0) is 13.0 Å². The molecule has 3 rings (SSSR count). The monoisotopic (exact) mass is 290 g/mol. The molecule has 0 unspecified atom stereocenters. The first-order valence-electron chi connectivity index (χ1n) is 6.47. The van der Waals surface area contributed by atoms with E-state index in [1.54, 1.807) is 25.3 Å². The zero-order chi connectivity index (χ0) is 14.1. The molecule has 0 saturated heterocycles. The van der Waals surface area contributed by atoms with Crippen LogP contribution in [0.3, 0.4) is 0 Å². The van der Waals surface area contributed by atoms with Crippen LogP contribution in [0.1, 0.15) is 21.6 Å². The van der Waals surface area contributed by atoms with Crippen LogP contribution < -0.4 is 4.74 Å². The molecule has 0 radical (unpaired) electrons. The number of aromatic nitrogens is 1. The van der Waals surface area contributed by atoms with Gasteiger partial charge in [0.1, 0.15) is 5.75 Å². The number of amides is 1. The van der Waals surface area contributed by atoms with Crippen LogP contribution in [0.2, 0.25) is 5.02 Å². The summed E-state index contributed by atoms with van der Waals surface area (Å²) in [7, 11) is 1.56. The van der Waals surface area contributed by atoms with Gasteiger partial charge in [0, 0.05) is 36.4 Å². The highest BCUT2D eigenvalue weighted by molar-refractivity contribution is 6.31. The Morgan fingerprint density at radius 1 is 1.40 bits per heavy atom. The second kappa shape index (κ2) is 5.21. The fourth-order valence-corrected chi connectivity index (χ4v) is 2.71. The first-order valence-corrected chi connectivity index (χ1v) is 6.85. The maximum absolute atomic E-state index is 12.6. The molecule has 4 nitrogen and oxygen atoms in total. The molecule has 1 aromatic heterocycles. The van der Waals surface area contributed by atoms with E-state index in [1.165, 1.54) is 11.3 Å². The predicted octanol–water partition coefficient (Wildman–Crippen LogP) is 2.88. The van der Waals surface area contributed by atoms with Crippen molar-refractivity contribution in [3.63, 3.8) is 0 Å². The molecule has 104 valence electrons. The smallest absolute Gasteiger partial charge is 0.257 e. The molecule has 0 saturated carbocycles. The van der Waals surface area contributed by atoms with E-state index in [4.69, 9.17) is 16.3 Å². The maximum Gasteiger partial charge on any atom is 0.257 e. The number of H-pyrrole nitrogens is 1. The summed E-state index contributed by atoms with van der Waals surface area (Å²) >= 11 is 5.99. The molecule has 1 aromatic carbocycles. The largest absolute Gasteiger partial charge is 0.496 e. The normalized spacial score (nSPS) is 14.0. The average Bonchev–Trinajstić information content (AvgIpc) is 2.93. The van der Waals surface area contributed by atoms with E-state index in [2.05, 4.69) is 4.98 Å². The highest BCUT2D eigenvalue weighted by Gasteiger charge is 2.24. The highest BCUT2D eigenvalue weighted by Crippen LogP contribution is 2.26. The molecule has 0 spiro atoms. The molecule has 0 atom stereocenters. The minimum atomic E-state index is -0.0452. The summed E-state index contributed by atoms with van der Waals surface area (Å²) in [4.78, 5) is 17.7. The van der Waals surface area contributed by atoms with Crippen molar-refractivity contribution in [3.8, 4) is 5.75 Å². The van der Waals surface area contributed by atoms with Gasteiger partial charge in [-0.05, 0) is 29.8 Å². The van der Waals surface area contributed by atoms with Crippen LogP contribution in [0.5, 0.6) is 5.75 Å². The fourth-order valence-electron chi connectivity index (χ4n) is 2.54. The molecule has 20 heavy (non-hydrogen) atoms. The maximum atomic E-state index is 12.6. The number of benzene rings is 1. The van der Waals surface area contributed by atoms with Crippen LogP contribution in [0, 0.1) is 0 Å². The number of nitrogens with zero attached hydrogens (tertiary/aromatic N) is 1. The number of aromatic amines is 1. The fraction of sp³-hybridized carbons (Fsp3) is 0.267. The summed E-state index contributed by atoms with van der Waals surface area (Å²) in [6, 6.07) is 7.12. The summed E-state index contributed by atoms with van der Waals surface area (Å²) in [6.07, 6.45) is 2.76. The van der Waals surface area contributed by atoms with Crippen molar-refractivity contribution in [1.82, 2.24) is 9.88 Å². The molecule has 2 heterocycles. The molecule has 1 amide bonds. The van der Waals surface area contributed by atoms with Gasteiger partial charge in [-0.15, -0.1) is 0 Å². The number of hydrogen-bond donors (Lipinski definition) is 1. The summed E-state index contributed by atoms with van der Waals surface area (Å²) in [6.45, 7) is 1.31. The van der Waals surface area contributed by atoms with Crippen molar-refractivity contribution >= 4 is 17.5 Å². The molecule has 5 heteroatoms. The second-order valence-electron chi connectivity index (χ2n) is 4.80. The molecule has 1 aliphatic rings. The Kier molecular flexibility index (Phi) is 3.40. The average molecular weight is 291 g/mol. The number of hydrogen-bond acceptors (Lipinski definition) is 2. The minimum absolute atomic E-state index is 0.0452. The van der Waals surface area contributed by atoms with Crippen molar-refractivity contribution in [2.45, 2.75) is 13.0 Å². The summed E-state index contributed by atoms with van der Waals surface area (Å²) in [5, 5.41) is 0.536. The van der Waals surface area contributed by atoms with Gasteiger partial charge < -0.3 is 14.6 Å². The highest BCUT2D eigenvalue weighted by atomic mass is 35.5. The van der Waals surface area contributed by atoms with Crippen LogP contribution in [0.25, 0.3) is 0 Å². The van der Waals surface area contributed by atoms with Crippen LogP contribution >= 0.6 is 11.6 Å².